The Morgan fingerprint density at radius 1 is 0.871 bits per heavy atom. The summed E-state index contributed by atoms with van der Waals surface area (Å²) in [5, 5.41) is 10.1. The van der Waals surface area contributed by atoms with Gasteiger partial charge in [-0.25, -0.2) is 0 Å². The van der Waals surface area contributed by atoms with Crippen molar-refractivity contribution in [2.24, 2.45) is 0 Å². The van der Waals surface area contributed by atoms with E-state index in [2.05, 4.69) is 16.0 Å². The molecule has 3 rings (SSSR count). The van der Waals surface area contributed by atoms with Crippen LogP contribution in [0.25, 0.3) is 10.8 Å². The highest BCUT2D eigenvalue weighted by molar-refractivity contribution is 6.09. The Morgan fingerprint density at radius 3 is 2.03 bits per heavy atom. The fraction of sp³-hybridized carbons (Fsp3) is 0.208. The van der Waals surface area contributed by atoms with Gasteiger partial charge in [0.2, 0.25) is 5.91 Å². The number of amides is 3. The van der Waals surface area contributed by atoms with E-state index in [-0.39, 0.29) is 30.4 Å². The molecule has 7 nitrogen and oxygen atoms in total. The van der Waals surface area contributed by atoms with Crippen molar-refractivity contribution >= 4 is 39.9 Å². The first kappa shape index (κ1) is 21.8. The van der Waals surface area contributed by atoms with E-state index >= 15 is 0 Å². The van der Waals surface area contributed by atoms with Crippen LogP contribution in [0.1, 0.15) is 31.1 Å². The number of benzene rings is 3. The summed E-state index contributed by atoms with van der Waals surface area (Å²) < 4.78 is 5.71. The molecule has 0 spiro atoms. The second-order valence-corrected chi connectivity index (χ2v) is 7.42. The molecule has 0 heterocycles. The van der Waals surface area contributed by atoms with Gasteiger partial charge in [-0.3, -0.25) is 14.4 Å². The van der Waals surface area contributed by atoms with Gasteiger partial charge >= 0.3 is 0 Å². The van der Waals surface area contributed by atoms with Gasteiger partial charge in [-0.1, -0.05) is 24.3 Å². The van der Waals surface area contributed by atoms with Crippen LogP contribution in [-0.4, -0.2) is 30.4 Å². The first-order chi connectivity index (χ1) is 14.8. The van der Waals surface area contributed by atoms with E-state index in [1.165, 1.54) is 6.92 Å². The zero-order valence-corrected chi connectivity index (χ0v) is 17.7. The summed E-state index contributed by atoms with van der Waals surface area (Å²) in [4.78, 5) is 36.2. The summed E-state index contributed by atoms with van der Waals surface area (Å²) in [6.07, 6.45) is 0. The average molecular weight is 419 g/mol. The molecule has 0 aliphatic heterocycles. The van der Waals surface area contributed by atoms with E-state index in [1.807, 2.05) is 38.1 Å². The third kappa shape index (κ3) is 6.05. The van der Waals surface area contributed by atoms with Crippen molar-refractivity contribution in [3.63, 3.8) is 0 Å². The highest BCUT2D eigenvalue weighted by atomic mass is 16.5. The molecule has 0 aliphatic rings. The zero-order chi connectivity index (χ0) is 22.4. The van der Waals surface area contributed by atoms with Gasteiger partial charge in [0.25, 0.3) is 11.8 Å². The summed E-state index contributed by atoms with van der Waals surface area (Å²) in [6.45, 7) is 4.97. The molecule has 0 aromatic heterocycles. The third-order valence-electron chi connectivity index (χ3n) is 4.36. The number of hydrogen-bond acceptors (Lipinski definition) is 4. The molecular formula is C24H25N3O4. The number of rotatable bonds is 7. The molecule has 7 heteroatoms. The van der Waals surface area contributed by atoms with Crippen LogP contribution in [0.5, 0.6) is 5.75 Å². The maximum atomic E-state index is 13.0. The van der Waals surface area contributed by atoms with Crippen LogP contribution in [-0.2, 0) is 9.59 Å². The lowest BCUT2D eigenvalue weighted by atomic mass is 10.1. The quantitative estimate of drug-likeness (QED) is 0.540. The van der Waals surface area contributed by atoms with Crippen molar-refractivity contribution < 1.29 is 19.1 Å². The lowest BCUT2D eigenvalue weighted by molar-refractivity contribution is -0.123. The second kappa shape index (κ2) is 9.75. The van der Waals surface area contributed by atoms with Gasteiger partial charge in [-0.05, 0) is 61.0 Å². The Balaban J connectivity index is 1.83. The van der Waals surface area contributed by atoms with Gasteiger partial charge in [0.15, 0.2) is 6.61 Å². The standard InChI is InChI=1S/C24H25N3O4/c1-15(2)25-23(29)14-31-22-13-18-7-5-4-6-17(18)12-21(22)24(30)27-20-10-8-19(9-11-20)26-16(3)28/h4-13,15H,14H2,1-3H3,(H,25,29)(H,26,28)(H,27,30). The molecule has 0 atom stereocenters. The number of nitrogens with one attached hydrogen (secondary N) is 3. The van der Waals surface area contributed by atoms with Crippen molar-refractivity contribution in [3.8, 4) is 5.75 Å². The molecular weight excluding hydrogens is 394 g/mol. The Hall–Kier alpha value is -3.87. The van der Waals surface area contributed by atoms with Crippen LogP contribution in [0.2, 0.25) is 0 Å². The first-order valence-electron chi connectivity index (χ1n) is 9.96. The van der Waals surface area contributed by atoms with Gasteiger partial charge < -0.3 is 20.7 Å². The maximum Gasteiger partial charge on any atom is 0.259 e. The monoisotopic (exact) mass is 419 g/mol. The maximum absolute atomic E-state index is 13.0. The number of ether oxygens (including phenoxy) is 1. The van der Waals surface area contributed by atoms with Crippen LogP contribution >= 0.6 is 0 Å². The Labute approximate surface area is 180 Å². The molecule has 31 heavy (non-hydrogen) atoms. The minimum absolute atomic E-state index is 0.00376. The van der Waals surface area contributed by atoms with Crippen molar-refractivity contribution in [1.82, 2.24) is 5.32 Å². The van der Waals surface area contributed by atoms with Gasteiger partial charge in [0, 0.05) is 24.3 Å². The third-order valence-corrected chi connectivity index (χ3v) is 4.36. The summed E-state index contributed by atoms with van der Waals surface area (Å²) in [7, 11) is 0. The van der Waals surface area contributed by atoms with Crippen molar-refractivity contribution in [2.75, 3.05) is 17.2 Å². The Morgan fingerprint density at radius 2 is 1.45 bits per heavy atom. The fourth-order valence-electron chi connectivity index (χ4n) is 3.06. The van der Waals surface area contributed by atoms with Crippen LogP contribution in [0.15, 0.2) is 60.7 Å². The molecule has 160 valence electrons. The van der Waals surface area contributed by atoms with E-state index in [4.69, 9.17) is 4.74 Å². The lowest BCUT2D eigenvalue weighted by Gasteiger charge is -2.14. The Kier molecular flexibility index (Phi) is 6.87. The van der Waals surface area contributed by atoms with Crippen LogP contribution in [0.4, 0.5) is 11.4 Å². The number of carbonyl (C=O) groups excluding carboxylic acids is 3. The van der Waals surface area contributed by atoms with Gasteiger partial charge in [-0.2, -0.15) is 0 Å². The predicted molar refractivity (Wildman–Crippen MR) is 121 cm³/mol. The number of anilines is 2. The smallest absolute Gasteiger partial charge is 0.259 e. The van der Waals surface area contributed by atoms with Crippen LogP contribution < -0.4 is 20.7 Å². The van der Waals surface area contributed by atoms with Gasteiger partial charge in [0.05, 0.1) is 5.56 Å². The van der Waals surface area contributed by atoms with Gasteiger partial charge in [0.1, 0.15) is 5.75 Å². The molecule has 3 aromatic rings. The lowest BCUT2D eigenvalue weighted by Crippen LogP contribution is -2.34. The number of carbonyl (C=O) groups is 3. The molecule has 0 radical (unpaired) electrons. The predicted octanol–water partition coefficient (Wildman–Crippen LogP) is 3.95. The van der Waals surface area contributed by atoms with E-state index in [0.717, 1.165) is 10.8 Å². The van der Waals surface area contributed by atoms with Crippen molar-refractivity contribution in [3.05, 3.63) is 66.2 Å². The minimum Gasteiger partial charge on any atom is -0.483 e. The van der Waals surface area contributed by atoms with Crippen molar-refractivity contribution in [2.45, 2.75) is 26.8 Å². The molecule has 0 unspecified atom stereocenters. The average Bonchev–Trinajstić information content (AvgIpc) is 2.72. The van der Waals surface area contributed by atoms with E-state index in [0.29, 0.717) is 22.7 Å². The summed E-state index contributed by atoms with van der Waals surface area (Å²) in [5.74, 6) is -0.471. The van der Waals surface area contributed by atoms with E-state index in [1.54, 1.807) is 36.4 Å². The largest absolute Gasteiger partial charge is 0.483 e. The number of fused-ring (bicyclic) bond motifs is 1. The topological polar surface area (TPSA) is 96.5 Å². The molecule has 3 aromatic carbocycles. The molecule has 0 fully saturated rings. The molecule has 0 saturated heterocycles. The zero-order valence-electron chi connectivity index (χ0n) is 17.7. The molecule has 3 amide bonds. The highest BCUT2D eigenvalue weighted by Crippen LogP contribution is 2.27. The first-order valence-corrected chi connectivity index (χ1v) is 9.96. The summed E-state index contributed by atoms with van der Waals surface area (Å²) in [6, 6.07) is 17.9. The Bertz CT molecular complexity index is 1110. The minimum atomic E-state index is -0.364. The molecule has 3 N–H and O–H groups in total. The van der Waals surface area contributed by atoms with Crippen LogP contribution in [0, 0.1) is 0 Å². The fourth-order valence-corrected chi connectivity index (χ4v) is 3.06. The normalized spacial score (nSPS) is 10.6. The second-order valence-electron chi connectivity index (χ2n) is 7.42. The molecule has 0 bridgehead atoms. The summed E-state index contributed by atoms with van der Waals surface area (Å²) >= 11 is 0. The molecule has 0 aliphatic carbocycles. The van der Waals surface area contributed by atoms with E-state index in [9.17, 15) is 14.4 Å². The van der Waals surface area contributed by atoms with Crippen molar-refractivity contribution in [1.29, 1.82) is 0 Å². The van der Waals surface area contributed by atoms with Crippen LogP contribution in [0.3, 0.4) is 0 Å². The van der Waals surface area contributed by atoms with E-state index < -0.39 is 0 Å². The molecule has 0 saturated carbocycles. The highest BCUT2D eigenvalue weighted by Gasteiger charge is 2.16. The van der Waals surface area contributed by atoms with Gasteiger partial charge in [-0.15, -0.1) is 0 Å². The summed E-state index contributed by atoms with van der Waals surface area (Å²) in [5.41, 5.74) is 1.52. The number of hydrogen-bond donors (Lipinski definition) is 3. The SMILES string of the molecule is CC(=O)Nc1ccc(NC(=O)c2cc3ccccc3cc2OCC(=O)NC(C)C)cc1.